The van der Waals surface area contributed by atoms with Crippen molar-refractivity contribution in [2.24, 2.45) is 0 Å². The zero-order valence-electron chi connectivity index (χ0n) is 15.3. The second-order valence-electron chi connectivity index (χ2n) is 5.99. The molecule has 1 aromatic carbocycles. The van der Waals surface area contributed by atoms with Gasteiger partial charge < -0.3 is 9.26 Å². The predicted octanol–water partition coefficient (Wildman–Crippen LogP) is 5.71. The molecule has 3 aromatic heterocycles. The van der Waals surface area contributed by atoms with Crippen LogP contribution in [0.1, 0.15) is 11.5 Å². The minimum atomic E-state index is 0.301. The minimum Gasteiger partial charge on any atom is -0.486 e. The molecular weight excluding hydrogens is 428 g/mol. The van der Waals surface area contributed by atoms with Gasteiger partial charge in [0.05, 0.1) is 10.6 Å². The highest BCUT2D eigenvalue weighted by molar-refractivity contribution is 7.98. The van der Waals surface area contributed by atoms with Crippen molar-refractivity contribution in [3.63, 3.8) is 0 Å². The highest BCUT2D eigenvalue weighted by Crippen LogP contribution is 2.28. The lowest BCUT2D eigenvalue weighted by molar-refractivity contribution is 0.289. The number of hydrogen-bond acceptors (Lipinski definition) is 7. The fourth-order valence-corrected chi connectivity index (χ4v) is 4.22. The molecule has 0 bridgehead atoms. The second-order valence-corrected chi connectivity index (χ2v) is 8.32. The van der Waals surface area contributed by atoms with Crippen LogP contribution in [-0.2, 0) is 18.9 Å². The Kier molecular flexibility index (Phi) is 6.33. The van der Waals surface area contributed by atoms with E-state index in [0.717, 1.165) is 33.1 Å². The van der Waals surface area contributed by atoms with Gasteiger partial charge in [0.1, 0.15) is 12.4 Å². The van der Waals surface area contributed by atoms with Crippen LogP contribution < -0.4 is 4.74 Å². The fourth-order valence-electron chi connectivity index (χ4n) is 2.58. The van der Waals surface area contributed by atoms with Gasteiger partial charge in [-0.25, -0.2) is 0 Å². The molecule has 6 nitrogen and oxygen atoms in total. The average Bonchev–Trinajstić information content (AvgIpc) is 3.48. The highest BCUT2D eigenvalue weighted by atomic mass is 35.5. The van der Waals surface area contributed by atoms with Crippen LogP contribution in [-0.4, -0.2) is 19.9 Å². The van der Waals surface area contributed by atoms with Gasteiger partial charge in [-0.1, -0.05) is 40.7 Å². The number of rotatable bonds is 9. The van der Waals surface area contributed by atoms with E-state index >= 15 is 0 Å². The summed E-state index contributed by atoms with van der Waals surface area (Å²) in [7, 11) is 0. The molecule has 148 valence electrons. The largest absolute Gasteiger partial charge is 0.486 e. The number of ether oxygens (including phenoxy) is 1. The summed E-state index contributed by atoms with van der Waals surface area (Å²) in [6, 6.07) is 13.2. The standard InChI is InChI=1S/C20H17ClN4O2S2/c1-2-9-25-19(12-26-16-7-5-14(21)6-8-16)22-23-20(25)29-13-15-11-17(27-24-15)18-4-3-10-28-18/h2-8,10-11H,1,9,12-13H2. The van der Waals surface area contributed by atoms with Crippen molar-refractivity contribution in [3.05, 3.63) is 77.0 Å². The van der Waals surface area contributed by atoms with Gasteiger partial charge in [-0.3, -0.25) is 4.57 Å². The van der Waals surface area contributed by atoms with E-state index in [1.54, 1.807) is 35.2 Å². The molecule has 3 heterocycles. The van der Waals surface area contributed by atoms with Crippen LogP contribution in [0.3, 0.4) is 0 Å². The average molecular weight is 445 g/mol. The molecule has 0 spiro atoms. The van der Waals surface area contributed by atoms with Crippen molar-refractivity contribution >= 4 is 34.7 Å². The number of benzene rings is 1. The Hall–Kier alpha value is -2.55. The van der Waals surface area contributed by atoms with E-state index in [1.165, 1.54) is 0 Å². The third-order valence-corrected chi connectivity index (χ3v) is 6.10. The molecule has 0 N–H and O–H groups in total. The van der Waals surface area contributed by atoms with E-state index in [0.29, 0.717) is 23.9 Å². The maximum atomic E-state index is 5.91. The van der Waals surface area contributed by atoms with Gasteiger partial charge in [0, 0.05) is 23.4 Å². The number of allylic oxidation sites excluding steroid dienone is 1. The van der Waals surface area contributed by atoms with Gasteiger partial charge in [0.2, 0.25) is 0 Å². The predicted molar refractivity (Wildman–Crippen MR) is 115 cm³/mol. The van der Waals surface area contributed by atoms with Gasteiger partial charge in [0.25, 0.3) is 0 Å². The Morgan fingerprint density at radius 3 is 2.86 bits per heavy atom. The van der Waals surface area contributed by atoms with E-state index in [2.05, 4.69) is 21.9 Å². The normalized spacial score (nSPS) is 10.9. The second kappa shape index (κ2) is 9.30. The summed E-state index contributed by atoms with van der Waals surface area (Å²) in [5.41, 5.74) is 0.852. The lowest BCUT2D eigenvalue weighted by Gasteiger charge is -2.09. The maximum absolute atomic E-state index is 5.91. The molecule has 4 aromatic rings. The first-order chi connectivity index (χ1) is 14.2. The number of hydrogen-bond donors (Lipinski definition) is 0. The summed E-state index contributed by atoms with van der Waals surface area (Å²) in [6.07, 6.45) is 1.81. The van der Waals surface area contributed by atoms with Crippen LogP contribution in [0.4, 0.5) is 0 Å². The third kappa shape index (κ3) is 4.90. The summed E-state index contributed by atoms with van der Waals surface area (Å²) >= 11 is 9.07. The smallest absolute Gasteiger partial charge is 0.191 e. The van der Waals surface area contributed by atoms with Gasteiger partial charge in [0.15, 0.2) is 16.7 Å². The maximum Gasteiger partial charge on any atom is 0.191 e. The molecule has 0 aliphatic heterocycles. The molecule has 0 saturated carbocycles. The molecule has 0 atom stereocenters. The van der Waals surface area contributed by atoms with Crippen LogP contribution in [0.5, 0.6) is 5.75 Å². The molecular formula is C20H17ClN4O2S2. The molecule has 0 saturated heterocycles. The minimum absolute atomic E-state index is 0.301. The zero-order valence-corrected chi connectivity index (χ0v) is 17.7. The van der Waals surface area contributed by atoms with E-state index in [4.69, 9.17) is 20.9 Å². The Morgan fingerprint density at radius 1 is 1.24 bits per heavy atom. The monoisotopic (exact) mass is 444 g/mol. The van der Waals surface area contributed by atoms with E-state index in [-0.39, 0.29) is 0 Å². The number of halogens is 1. The van der Waals surface area contributed by atoms with Crippen LogP contribution >= 0.6 is 34.7 Å². The number of aromatic nitrogens is 4. The lowest BCUT2D eigenvalue weighted by Crippen LogP contribution is -2.07. The highest BCUT2D eigenvalue weighted by Gasteiger charge is 2.14. The zero-order chi connectivity index (χ0) is 20.1. The molecule has 0 aliphatic carbocycles. The van der Waals surface area contributed by atoms with Crippen molar-refractivity contribution < 1.29 is 9.26 Å². The molecule has 9 heteroatoms. The van der Waals surface area contributed by atoms with Crippen molar-refractivity contribution in [1.82, 2.24) is 19.9 Å². The molecule has 0 unspecified atom stereocenters. The summed E-state index contributed by atoms with van der Waals surface area (Å²) in [5.74, 6) is 2.85. The van der Waals surface area contributed by atoms with Crippen molar-refractivity contribution in [2.75, 3.05) is 0 Å². The lowest BCUT2D eigenvalue weighted by atomic mass is 10.3. The summed E-state index contributed by atoms with van der Waals surface area (Å²) < 4.78 is 13.2. The van der Waals surface area contributed by atoms with Gasteiger partial charge in [-0.15, -0.1) is 28.1 Å². The Bertz CT molecular complexity index is 1070. The molecule has 29 heavy (non-hydrogen) atoms. The first-order valence-corrected chi connectivity index (χ1v) is 11.0. The van der Waals surface area contributed by atoms with Gasteiger partial charge >= 0.3 is 0 Å². The summed E-state index contributed by atoms with van der Waals surface area (Å²) in [5, 5.41) is 16.2. The molecule has 0 radical (unpaired) electrons. The third-order valence-electron chi connectivity index (χ3n) is 3.96. The van der Waals surface area contributed by atoms with Crippen LogP contribution in [0.25, 0.3) is 10.6 Å². The molecule has 0 amide bonds. The van der Waals surface area contributed by atoms with Gasteiger partial charge in [-0.05, 0) is 35.7 Å². The molecule has 0 aliphatic rings. The number of thioether (sulfide) groups is 1. The number of nitrogens with zero attached hydrogens (tertiary/aromatic N) is 4. The Morgan fingerprint density at radius 2 is 2.10 bits per heavy atom. The topological polar surface area (TPSA) is 66.0 Å². The molecule has 0 fully saturated rings. The SMILES string of the molecule is C=CCn1c(COc2ccc(Cl)cc2)nnc1SCc1cc(-c2cccs2)on1. The Labute approximate surface area is 181 Å². The van der Waals surface area contributed by atoms with Gasteiger partial charge in [-0.2, -0.15) is 0 Å². The van der Waals surface area contributed by atoms with Crippen LogP contribution in [0, 0.1) is 0 Å². The fraction of sp³-hybridized carbons (Fsp3) is 0.150. The number of thiophene rings is 1. The summed E-state index contributed by atoms with van der Waals surface area (Å²) in [4.78, 5) is 1.06. The van der Waals surface area contributed by atoms with E-state index in [9.17, 15) is 0 Å². The van der Waals surface area contributed by atoms with Crippen molar-refractivity contribution in [2.45, 2.75) is 24.1 Å². The Balaban J connectivity index is 1.42. The molecule has 4 rings (SSSR count). The van der Waals surface area contributed by atoms with Crippen LogP contribution in [0.15, 0.2) is 70.2 Å². The van der Waals surface area contributed by atoms with E-state index in [1.807, 2.05) is 46.4 Å². The first kappa shape index (κ1) is 19.8. The van der Waals surface area contributed by atoms with Crippen molar-refractivity contribution in [3.8, 4) is 16.4 Å². The summed E-state index contributed by atoms with van der Waals surface area (Å²) in [6.45, 7) is 4.72. The van der Waals surface area contributed by atoms with Crippen molar-refractivity contribution in [1.29, 1.82) is 0 Å². The van der Waals surface area contributed by atoms with E-state index < -0.39 is 0 Å². The van der Waals surface area contributed by atoms with Crippen LogP contribution in [0.2, 0.25) is 5.02 Å². The first-order valence-electron chi connectivity index (χ1n) is 8.76. The quantitative estimate of drug-likeness (QED) is 0.243.